The zero-order chi connectivity index (χ0) is 25.8. The lowest BCUT2D eigenvalue weighted by Gasteiger charge is -2.28. The fourth-order valence-corrected chi connectivity index (χ4v) is 4.25. The van der Waals surface area contributed by atoms with Crippen LogP contribution < -0.4 is 15.5 Å². The van der Waals surface area contributed by atoms with E-state index in [0.29, 0.717) is 30.8 Å². The number of carbonyl (C=O) groups excluding carboxylic acids is 3. The Morgan fingerprint density at radius 2 is 2.00 bits per heavy atom. The van der Waals surface area contributed by atoms with Crippen LogP contribution in [-0.4, -0.2) is 55.1 Å². The van der Waals surface area contributed by atoms with E-state index < -0.39 is 18.0 Å². The molecule has 188 valence electrons. The third-order valence-electron chi connectivity index (χ3n) is 6.25. The number of anilines is 2. The molecule has 3 amide bonds. The lowest BCUT2D eigenvalue weighted by molar-refractivity contribution is -0.126. The van der Waals surface area contributed by atoms with Gasteiger partial charge in [0.15, 0.2) is 0 Å². The maximum atomic E-state index is 15.0. The zero-order valence-corrected chi connectivity index (χ0v) is 20.3. The summed E-state index contributed by atoms with van der Waals surface area (Å²) < 4.78 is 20.3. The Balaban J connectivity index is 1.38. The van der Waals surface area contributed by atoms with E-state index >= 15 is 4.39 Å². The SMILES string of the molecule is C=C(Nc1ccccc1C)C(=O)N1CC=C(c2ccc(N3C[C@H](CNC(C)=O)OC3=O)cc2F)CC1. The first kappa shape index (κ1) is 25.0. The number of rotatable bonds is 7. The lowest BCUT2D eigenvalue weighted by atomic mass is 9.98. The summed E-state index contributed by atoms with van der Waals surface area (Å²) in [4.78, 5) is 39.2. The number of para-hydroxylation sites is 1. The maximum absolute atomic E-state index is 15.0. The summed E-state index contributed by atoms with van der Waals surface area (Å²) in [5.41, 5.74) is 3.74. The smallest absolute Gasteiger partial charge is 0.414 e. The highest BCUT2D eigenvalue weighted by Gasteiger charge is 2.33. The molecule has 0 unspecified atom stereocenters. The molecule has 0 radical (unpaired) electrons. The van der Waals surface area contributed by atoms with Gasteiger partial charge in [-0.05, 0) is 48.7 Å². The Labute approximate surface area is 209 Å². The molecular formula is C27H29FN4O4. The third kappa shape index (κ3) is 5.56. The van der Waals surface area contributed by atoms with E-state index in [1.54, 1.807) is 17.0 Å². The van der Waals surface area contributed by atoms with E-state index in [9.17, 15) is 14.4 Å². The minimum atomic E-state index is -0.580. The van der Waals surface area contributed by atoms with Crippen LogP contribution in [0.3, 0.4) is 0 Å². The fraction of sp³-hybridized carbons (Fsp3) is 0.296. The molecule has 2 aliphatic rings. The van der Waals surface area contributed by atoms with Crippen molar-refractivity contribution in [2.24, 2.45) is 0 Å². The van der Waals surface area contributed by atoms with E-state index in [1.807, 2.05) is 37.3 Å². The molecule has 2 heterocycles. The predicted octanol–water partition coefficient (Wildman–Crippen LogP) is 3.84. The van der Waals surface area contributed by atoms with Gasteiger partial charge in [0.2, 0.25) is 5.91 Å². The van der Waals surface area contributed by atoms with E-state index in [1.165, 1.54) is 17.9 Å². The van der Waals surface area contributed by atoms with Gasteiger partial charge in [-0.3, -0.25) is 14.5 Å². The standard InChI is InChI=1S/C27H29FN4O4/c1-17-6-4-5-7-25(17)30-18(2)26(34)31-12-10-20(11-13-31)23-9-8-21(14-24(23)28)32-16-22(36-27(32)35)15-29-19(3)33/h4-10,14,22,30H,2,11-13,15-16H2,1,3H3,(H,29,33)/t22-/m0/s1. The van der Waals surface area contributed by atoms with Crippen molar-refractivity contribution in [3.05, 3.63) is 77.8 Å². The number of benzene rings is 2. The summed E-state index contributed by atoms with van der Waals surface area (Å²) in [6.07, 6.45) is 1.25. The van der Waals surface area contributed by atoms with Crippen LogP contribution in [0.15, 0.2) is 60.8 Å². The van der Waals surface area contributed by atoms with Gasteiger partial charge in [-0.25, -0.2) is 9.18 Å². The Morgan fingerprint density at radius 3 is 2.67 bits per heavy atom. The summed E-state index contributed by atoms with van der Waals surface area (Å²) in [5.74, 6) is -0.874. The number of cyclic esters (lactones) is 1. The summed E-state index contributed by atoms with van der Waals surface area (Å²) in [6, 6.07) is 12.3. The molecular weight excluding hydrogens is 463 g/mol. The molecule has 4 rings (SSSR count). The van der Waals surface area contributed by atoms with Gasteiger partial charge in [0.1, 0.15) is 11.9 Å². The number of nitrogens with zero attached hydrogens (tertiary/aromatic N) is 2. The first-order chi connectivity index (χ1) is 17.2. The highest BCUT2D eigenvalue weighted by molar-refractivity contribution is 5.96. The number of aryl methyl sites for hydroxylation is 1. The average molecular weight is 493 g/mol. The number of halogens is 1. The van der Waals surface area contributed by atoms with Crippen LogP contribution in [0.25, 0.3) is 5.57 Å². The number of nitrogens with one attached hydrogen (secondary N) is 2. The van der Waals surface area contributed by atoms with Crippen LogP contribution in [0.1, 0.15) is 24.5 Å². The molecule has 1 saturated heterocycles. The van der Waals surface area contributed by atoms with Crippen molar-refractivity contribution >= 4 is 34.9 Å². The van der Waals surface area contributed by atoms with Crippen LogP contribution >= 0.6 is 0 Å². The molecule has 1 atom stereocenters. The second-order valence-corrected chi connectivity index (χ2v) is 8.87. The Morgan fingerprint density at radius 1 is 1.22 bits per heavy atom. The van der Waals surface area contributed by atoms with Gasteiger partial charge in [-0.15, -0.1) is 0 Å². The second kappa shape index (κ2) is 10.6. The van der Waals surface area contributed by atoms with Crippen LogP contribution in [0.5, 0.6) is 0 Å². The molecule has 0 bridgehead atoms. The Hall–Kier alpha value is -4.14. The normalized spacial score (nSPS) is 17.4. The molecule has 2 aromatic carbocycles. The van der Waals surface area contributed by atoms with E-state index in [0.717, 1.165) is 16.8 Å². The summed E-state index contributed by atoms with van der Waals surface area (Å²) >= 11 is 0. The van der Waals surface area contributed by atoms with Crippen molar-refractivity contribution in [1.29, 1.82) is 0 Å². The zero-order valence-electron chi connectivity index (χ0n) is 20.3. The molecule has 8 nitrogen and oxygen atoms in total. The first-order valence-corrected chi connectivity index (χ1v) is 11.8. The highest BCUT2D eigenvalue weighted by atomic mass is 19.1. The number of amides is 3. The van der Waals surface area contributed by atoms with Gasteiger partial charge >= 0.3 is 6.09 Å². The second-order valence-electron chi connectivity index (χ2n) is 8.87. The van der Waals surface area contributed by atoms with Gasteiger partial charge in [0, 0.05) is 31.3 Å². The molecule has 36 heavy (non-hydrogen) atoms. The van der Waals surface area contributed by atoms with Crippen LogP contribution in [0, 0.1) is 12.7 Å². The van der Waals surface area contributed by atoms with Crippen molar-refractivity contribution in [2.45, 2.75) is 26.4 Å². The van der Waals surface area contributed by atoms with Crippen molar-refractivity contribution in [3.63, 3.8) is 0 Å². The number of ether oxygens (including phenoxy) is 1. The largest absolute Gasteiger partial charge is 0.442 e. The van der Waals surface area contributed by atoms with Gasteiger partial charge in [-0.2, -0.15) is 0 Å². The molecule has 2 aromatic rings. The van der Waals surface area contributed by atoms with Crippen LogP contribution in [0.2, 0.25) is 0 Å². The Kier molecular flexibility index (Phi) is 7.38. The fourth-order valence-electron chi connectivity index (χ4n) is 4.25. The first-order valence-electron chi connectivity index (χ1n) is 11.8. The van der Waals surface area contributed by atoms with E-state index in [2.05, 4.69) is 17.2 Å². The monoisotopic (exact) mass is 492 g/mol. The topological polar surface area (TPSA) is 91.0 Å². The number of hydrogen-bond acceptors (Lipinski definition) is 5. The minimum absolute atomic E-state index is 0.202. The quantitative estimate of drug-likeness (QED) is 0.574. The molecule has 0 aliphatic carbocycles. The molecule has 2 aliphatic heterocycles. The molecule has 2 N–H and O–H groups in total. The van der Waals surface area contributed by atoms with E-state index in [4.69, 9.17) is 4.74 Å². The summed E-state index contributed by atoms with van der Waals surface area (Å²) in [5, 5.41) is 5.70. The van der Waals surface area contributed by atoms with Gasteiger partial charge in [-0.1, -0.05) is 30.9 Å². The molecule has 9 heteroatoms. The average Bonchev–Trinajstić information content (AvgIpc) is 3.24. The maximum Gasteiger partial charge on any atom is 0.414 e. The summed E-state index contributed by atoms with van der Waals surface area (Å²) in [7, 11) is 0. The Bertz CT molecular complexity index is 1240. The van der Waals surface area contributed by atoms with Crippen molar-refractivity contribution in [2.75, 3.05) is 36.4 Å². The molecule has 0 saturated carbocycles. The third-order valence-corrected chi connectivity index (χ3v) is 6.25. The number of carbonyl (C=O) groups is 3. The molecule has 0 aromatic heterocycles. The van der Waals surface area contributed by atoms with Gasteiger partial charge in [0.25, 0.3) is 5.91 Å². The highest BCUT2D eigenvalue weighted by Crippen LogP contribution is 2.30. The van der Waals surface area contributed by atoms with Crippen molar-refractivity contribution in [1.82, 2.24) is 10.2 Å². The van der Waals surface area contributed by atoms with Gasteiger partial charge < -0.3 is 20.3 Å². The predicted molar refractivity (Wildman–Crippen MR) is 136 cm³/mol. The van der Waals surface area contributed by atoms with Gasteiger partial charge in [0.05, 0.1) is 24.5 Å². The van der Waals surface area contributed by atoms with E-state index in [-0.39, 0.29) is 30.6 Å². The molecule has 0 spiro atoms. The summed E-state index contributed by atoms with van der Waals surface area (Å²) in [6.45, 7) is 8.42. The van der Waals surface area contributed by atoms with Crippen molar-refractivity contribution in [3.8, 4) is 0 Å². The molecule has 1 fully saturated rings. The minimum Gasteiger partial charge on any atom is -0.442 e. The van der Waals surface area contributed by atoms with Crippen LogP contribution in [-0.2, 0) is 14.3 Å². The van der Waals surface area contributed by atoms with Crippen LogP contribution in [0.4, 0.5) is 20.6 Å². The van der Waals surface area contributed by atoms with Crippen molar-refractivity contribution < 1.29 is 23.5 Å². The lowest BCUT2D eigenvalue weighted by Crippen LogP contribution is -2.37. The number of hydrogen-bond donors (Lipinski definition) is 2.